The number of carbonyl (C=O) groups is 1. The fourth-order valence-corrected chi connectivity index (χ4v) is 4.21. The first kappa shape index (κ1) is 19.7. The number of ether oxygens (including phenoxy) is 1. The molecule has 29 heavy (non-hydrogen) atoms. The van der Waals surface area contributed by atoms with Crippen LogP contribution in [0.15, 0.2) is 46.3 Å². The number of hydrogen-bond acceptors (Lipinski definition) is 5. The third kappa shape index (κ3) is 4.54. The maximum atomic E-state index is 12.4. The Kier molecular flexibility index (Phi) is 5.74. The zero-order valence-electron chi connectivity index (χ0n) is 17.0. The van der Waals surface area contributed by atoms with Gasteiger partial charge in [-0.05, 0) is 85.1 Å². The molecule has 0 radical (unpaired) electrons. The summed E-state index contributed by atoms with van der Waals surface area (Å²) in [6, 6.07) is 12.4. The van der Waals surface area contributed by atoms with Crippen molar-refractivity contribution in [2.75, 3.05) is 31.2 Å². The van der Waals surface area contributed by atoms with E-state index in [0.29, 0.717) is 10.1 Å². The van der Waals surface area contributed by atoms with Crippen molar-refractivity contribution in [3.63, 3.8) is 0 Å². The van der Waals surface area contributed by atoms with E-state index in [1.165, 1.54) is 28.6 Å². The SMILES string of the molecule is Cc1ccc(N=C2NC(=O)/C(=C/c3ccc(N4CCOCC4)cc3C)S2)cc1C. The average Bonchev–Trinajstić information content (AvgIpc) is 3.06. The van der Waals surface area contributed by atoms with Gasteiger partial charge in [0.15, 0.2) is 5.17 Å². The van der Waals surface area contributed by atoms with Crippen molar-refractivity contribution in [2.24, 2.45) is 4.99 Å². The minimum Gasteiger partial charge on any atom is -0.378 e. The lowest BCUT2D eigenvalue weighted by atomic mass is 10.1. The third-order valence-electron chi connectivity index (χ3n) is 5.29. The molecule has 2 aromatic rings. The van der Waals surface area contributed by atoms with Crippen LogP contribution in [0.2, 0.25) is 0 Å². The normalized spacial score (nSPS) is 19.8. The van der Waals surface area contributed by atoms with Crippen LogP contribution in [0.25, 0.3) is 6.08 Å². The highest BCUT2D eigenvalue weighted by Gasteiger charge is 2.24. The van der Waals surface area contributed by atoms with Gasteiger partial charge >= 0.3 is 0 Å². The number of amides is 1. The van der Waals surface area contributed by atoms with Gasteiger partial charge in [0.25, 0.3) is 5.91 Å². The first-order chi connectivity index (χ1) is 14.0. The van der Waals surface area contributed by atoms with Crippen LogP contribution in [0.3, 0.4) is 0 Å². The van der Waals surface area contributed by atoms with E-state index in [4.69, 9.17) is 4.74 Å². The maximum absolute atomic E-state index is 12.4. The molecule has 0 aliphatic carbocycles. The average molecular weight is 408 g/mol. The highest BCUT2D eigenvalue weighted by Crippen LogP contribution is 2.30. The van der Waals surface area contributed by atoms with Gasteiger partial charge in [-0.3, -0.25) is 4.79 Å². The summed E-state index contributed by atoms with van der Waals surface area (Å²) in [6.07, 6.45) is 1.95. The van der Waals surface area contributed by atoms with Gasteiger partial charge in [0.05, 0.1) is 23.8 Å². The smallest absolute Gasteiger partial charge is 0.264 e. The summed E-state index contributed by atoms with van der Waals surface area (Å²) < 4.78 is 5.43. The van der Waals surface area contributed by atoms with Gasteiger partial charge in [0.1, 0.15) is 0 Å². The Morgan fingerprint density at radius 2 is 1.83 bits per heavy atom. The second kappa shape index (κ2) is 8.43. The van der Waals surface area contributed by atoms with E-state index in [2.05, 4.69) is 54.2 Å². The molecular formula is C23H25N3O2S. The highest BCUT2D eigenvalue weighted by atomic mass is 32.2. The van der Waals surface area contributed by atoms with Crippen molar-refractivity contribution in [1.29, 1.82) is 0 Å². The Morgan fingerprint density at radius 1 is 1.03 bits per heavy atom. The van der Waals surface area contributed by atoms with Gasteiger partial charge in [-0.15, -0.1) is 0 Å². The number of rotatable bonds is 3. The number of aliphatic imine (C=N–C) groups is 1. The predicted octanol–water partition coefficient (Wildman–Crippen LogP) is 4.34. The van der Waals surface area contributed by atoms with Gasteiger partial charge in [0.2, 0.25) is 0 Å². The predicted molar refractivity (Wildman–Crippen MR) is 121 cm³/mol. The van der Waals surface area contributed by atoms with Gasteiger partial charge in [0, 0.05) is 18.8 Å². The van der Waals surface area contributed by atoms with E-state index in [1.807, 2.05) is 24.3 Å². The summed E-state index contributed by atoms with van der Waals surface area (Å²) in [7, 11) is 0. The van der Waals surface area contributed by atoms with Crippen molar-refractivity contribution < 1.29 is 9.53 Å². The Hall–Kier alpha value is -2.57. The van der Waals surface area contributed by atoms with Crippen molar-refractivity contribution in [2.45, 2.75) is 20.8 Å². The molecule has 2 fully saturated rings. The van der Waals surface area contributed by atoms with Crippen LogP contribution >= 0.6 is 11.8 Å². The van der Waals surface area contributed by atoms with Crippen molar-refractivity contribution in [1.82, 2.24) is 5.32 Å². The summed E-state index contributed by atoms with van der Waals surface area (Å²) in [5.41, 5.74) is 6.67. The minimum atomic E-state index is -0.103. The quantitative estimate of drug-likeness (QED) is 0.769. The number of nitrogens with zero attached hydrogens (tertiary/aromatic N) is 2. The second-order valence-electron chi connectivity index (χ2n) is 7.39. The second-order valence-corrected chi connectivity index (χ2v) is 8.42. The number of hydrogen-bond donors (Lipinski definition) is 1. The van der Waals surface area contributed by atoms with Crippen LogP contribution in [-0.2, 0) is 9.53 Å². The fraction of sp³-hybridized carbons (Fsp3) is 0.304. The summed E-state index contributed by atoms with van der Waals surface area (Å²) in [5, 5.41) is 3.49. The molecule has 1 amide bonds. The van der Waals surface area contributed by atoms with Crippen LogP contribution in [0.1, 0.15) is 22.3 Å². The number of anilines is 1. The van der Waals surface area contributed by atoms with E-state index in [1.54, 1.807) is 0 Å². The summed E-state index contributed by atoms with van der Waals surface area (Å²) in [5.74, 6) is -0.103. The van der Waals surface area contributed by atoms with Crippen molar-refractivity contribution in [3.8, 4) is 0 Å². The molecule has 0 spiro atoms. The van der Waals surface area contributed by atoms with Crippen LogP contribution in [-0.4, -0.2) is 37.4 Å². The molecule has 5 nitrogen and oxygen atoms in total. The van der Waals surface area contributed by atoms with Crippen LogP contribution < -0.4 is 10.2 Å². The Bertz CT molecular complexity index is 1010. The summed E-state index contributed by atoms with van der Waals surface area (Å²) >= 11 is 1.38. The van der Waals surface area contributed by atoms with Crippen LogP contribution in [0.5, 0.6) is 0 Å². The van der Waals surface area contributed by atoms with E-state index in [9.17, 15) is 4.79 Å². The summed E-state index contributed by atoms with van der Waals surface area (Å²) in [4.78, 5) is 20.0. The zero-order valence-corrected chi connectivity index (χ0v) is 17.8. The molecule has 0 bridgehead atoms. The Labute approximate surface area is 175 Å². The fourth-order valence-electron chi connectivity index (χ4n) is 3.37. The molecule has 2 heterocycles. The molecule has 0 atom stereocenters. The van der Waals surface area contributed by atoms with Crippen LogP contribution in [0, 0.1) is 20.8 Å². The topological polar surface area (TPSA) is 53.9 Å². The summed E-state index contributed by atoms with van der Waals surface area (Å²) in [6.45, 7) is 9.58. The van der Waals surface area contributed by atoms with E-state index >= 15 is 0 Å². The third-order valence-corrected chi connectivity index (χ3v) is 6.20. The molecule has 0 aromatic heterocycles. The number of thioether (sulfide) groups is 1. The van der Waals surface area contributed by atoms with Gasteiger partial charge in [-0.2, -0.15) is 0 Å². The number of morpholine rings is 1. The molecule has 2 aromatic carbocycles. The number of aryl methyl sites for hydroxylation is 3. The van der Waals surface area contributed by atoms with Gasteiger partial charge < -0.3 is 15.0 Å². The Balaban J connectivity index is 1.53. The van der Waals surface area contributed by atoms with Crippen molar-refractivity contribution in [3.05, 3.63) is 63.6 Å². The number of nitrogens with one attached hydrogen (secondary N) is 1. The minimum absolute atomic E-state index is 0.103. The van der Waals surface area contributed by atoms with E-state index < -0.39 is 0 Å². The standard InChI is InChI=1S/C23H25N3O2S/c1-15-4-6-19(12-16(15)2)24-23-25-22(27)21(29-23)14-18-5-7-20(13-17(18)3)26-8-10-28-11-9-26/h4-7,12-14H,8-11H2,1-3H3,(H,24,25,27)/b21-14-. The van der Waals surface area contributed by atoms with Gasteiger partial charge in [-0.1, -0.05) is 12.1 Å². The van der Waals surface area contributed by atoms with Crippen molar-refractivity contribution >= 4 is 40.3 Å². The lowest BCUT2D eigenvalue weighted by molar-refractivity contribution is -0.115. The number of carbonyl (C=O) groups excluding carboxylic acids is 1. The molecule has 4 rings (SSSR count). The number of benzene rings is 2. The molecule has 2 saturated heterocycles. The molecule has 2 aliphatic rings. The highest BCUT2D eigenvalue weighted by molar-refractivity contribution is 8.18. The monoisotopic (exact) mass is 407 g/mol. The molecule has 6 heteroatoms. The molecule has 2 aliphatic heterocycles. The lowest BCUT2D eigenvalue weighted by Crippen LogP contribution is -2.36. The molecule has 0 unspecified atom stereocenters. The van der Waals surface area contributed by atoms with Gasteiger partial charge in [-0.25, -0.2) is 4.99 Å². The van der Waals surface area contributed by atoms with Crippen LogP contribution in [0.4, 0.5) is 11.4 Å². The molecule has 0 saturated carbocycles. The zero-order chi connectivity index (χ0) is 20.4. The first-order valence-electron chi connectivity index (χ1n) is 9.80. The molecule has 150 valence electrons. The molecule has 1 N–H and O–H groups in total. The Morgan fingerprint density at radius 3 is 2.55 bits per heavy atom. The largest absolute Gasteiger partial charge is 0.378 e. The molecular weight excluding hydrogens is 382 g/mol. The maximum Gasteiger partial charge on any atom is 0.264 e. The van der Waals surface area contributed by atoms with E-state index in [-0.39, 0.29) is 5.91 Å². The lowest BCUT2D eigenvalue weighted by Gasteiger charge is -2.29. The first-order valence-corrected chi connectivity index (χ1v) is 10.6. The number of amidine groups is 1. The van der Waals surface area contributed by atoms with E-state index in [0.717, 1.165) is 43.1 Å².